The average molecular weight is 282 g/mol. The van der Waals surface area contributed by atoms with Crippen molar-refractivity contribution in [3.8, 4) is 0 Å². The van der Waals surface area contributed by atoms with Crippen molar-refractivity contribution in [1.82, 2.24) is 4.31 Å². The molecule has 1 aromatic rings. The summed E-state index contributed by atoms with van der Waals surface area (Å²) in [4.78, 5) is 0. The van der Waals surface area contributed by atoms with Crippen molar-refractivity contribution < 1.29 is 8.42 Å². The summed E-state index contributed by atoms with van der Waals surface area (Å²) in [5, 5.41) is 7.39. The molecule has 0 aromatic heterocycles. The molecule has 1 heterocycles. The first-order chi connectivity index (χ1) is 8.90. The van der Waals surface area contributed by atoms with Gasteiger partial charge in [-0.2, -0.15) is 12.7 Å². The lowest BCUT2D eigenvalue weighted by molar-refractivity contribution is 0.482. The summed E-state index contributed by atoms with van der Waals surface area (Å²) in [7, 11) is -3.51. The van der Waals surface area contributed by atoms with Crippen LogP contribution in [0.25, 0.3) is 0 Å². The quantitative estimate of drug-likeness (QED) is 0.568. The van der Waals surface area contributed by atoms with E-state index in [1.54, 1.807) is 18.2 Å². The fraction of sp³-hybridized carbons (Fsp3) is 0.417. The summed E-state index contributed by atoms with van der Waals surface area (Å²) in [6.45, 7) is 2.92. The van der Waals surface area contributed by atoms with Gasteiger partial charge in [0.1, 0.15) is 5.84 Å². The van der Waals surface area contributed by atoms with Crippen LogP contribution >= 0.6 is 0 Å². The summed E-state index contributed by atoms with van der Waals surface area (Å²) in [6, 6.07) is 5.04. The number of nitrogen functional groups attached to an aromatic ring is 1. The maximum absolute atomic E-state index is 12.2. The first-order valence-electron chi connectivity index (χ1n) is 6.13. The number of benzene rings is 1. The molecule has 6 nitrogen and oxygen atoms in total. The molecule has 1 aliphatic heterocycles. The van der Waals surface area contributed by atoms with Crippen molar-refractivity contribution in [2.45, 2.75) is 19.8 Å². The number of aryl methyl sites for hydroxylation is 1. The van der Waals surface area contributed by atoms with Gasteiger partial charge in [0.2, 0.25) is 0 Å². The fourth-order valence-corrected chi connectivity index (χ4v) is 3.40. The molecule has 19 heavy (non-hydrogen) atoms. The number of nitrogens with two attached hydrogens (primary N) is 1. The van der Waals surface area contributed by atoms with Crippen LogP contribution in [0, 0.1) is 12.3 Å². The molecule has 104 valence electrons. The Kier molecular flexibility index (Phi) is 3.77. The minimum atomic E-state index is -3.51. The van der Waals surface area contributed by atoms with E-state index in [0.717, 1.165) is 18.4 Å². The van der Waals surface area contributed by atoms with Crippen LogP contribution < -0.4 is 10.5 Å². The van der Waals surface area contributed by atoms with Gasteiger partial charge in [-0.3, -0.25) is 10.1 Å². The molecular formula is C12H18N4O2S. The molecule has 0 unspecified atom stereocenters. The lowest BCUT2D eigenvalue weighted by Gasteiger charge is -2.18. The smallest absolute Gasteiger partial charge is 0.301 e. The van der Waals surface area contributed by atoms with E-state index in [9.17, 15) is 8.42 Å². The zero-order valence-electron chi connectivity index (χ0n) is 10.8. The molecule has 1 aromatic carbocycles. The second-order valence-corrected chi connectivity index (χ2v) is 6.33. The maximum atomic E-state index is 12.2. The van der Waals surface area contributed by atoms with E-state index >= 15 is 0 Å². The number of hydrogen-bond donors (Lipinski definition) is 3. The molecule has 1 aliphatic rings. The highest BCUT2D eigenvalue weighted by atomic mass is 32.2. The minimum absolute atomic E-state index is 0.0818. The van der Waals surface area contributed by atoms with Crippen molar-refractivity contribution in [1.29, 1.82) is 5.41 Å². The number of nitrogens with zero attached hydrogens (tertiary/aromatic N) is 1. The Labute approximate surface area is 113 Å². The van der Waals surface area contributed by atoms with Gasteiger partial charge in [-0.05, 0) is 31.4 Å². The lowest BCUT2D eigenvalue weighted by atomic mass is 10.1. The topological polar surface area (TPSA) is 99.3 Å². The first kappa shape index (κ1) is 13.8. The summed E-state index contributed by atoms with van der Waals surface area (Å²) >= 11 is 0. The molecule has 0 amide bonds. The van der Waals surface area contributed by atoms with Crippen LogP contribution in [0.15, 0.2) is 18.2 Å². The molecule has 0 saturated carbocycles. The average Bonchev–Trinajstić information content (AvgIpc) is 2.85. The van der Waals surface area contributed by atoms with Crippen molar-refractivity contribution in [3.05, 3.63) is 29.3 Å². The van der Waals surface area contributed by atoms with E-state index in [1.807, 2.05) is 6.92 Å². The van der Waals surface area contributed by atoms with E-state index in [0.29, 0.717) is 24.3 Å². The Hall–Kier alpha value is -1.60. The van der Waals surface area contributed by atoms with Crippen LogP contribution in [0.5, 0.6) is 0 Å². The Morgan fingerprint density at radius 1 is 1.37 bits per heavy atom. The molecular weight excluding hydrogens is 264 g/mol. The van der Waals surface area contributed by atoms with E-state index < -0.39 is 10.2 Å². The molecule has 2 rings (SSSR count). The van der Waals surface area contributed by atoms with Gasteiger partial charge in [0.15, 0.2) is 0 Å². The minimum Gasteiger partial charge on any atom is -0.384 e. The Morgan fingerprint density at radius 2 is 2.00 bits per heavy atom. The second kappa shape index (κ2) is 5.18. The summed E-state index contributed by atoms with van der Waals surface area (Å²) in [6.07, 6.45) is 1.79. The Balaban J connectivity index is 2.27. The number of amidine groups is 1. The summed E-state index contributed by atoms with van der Waals surface area (Å²) in [5.74, 6) is -0.0818. The molecule has 0 radical (unpaired) electrons. The van der Waals surface area contributed by atoms with Crippen molar-refractivity contribution >= 4 is 21.7 Å². The van der Waals surface area contributed by atoms with E-state index in [2.05, 4.69) is 4.72 Å². The zero-order valence-corrected chi connectivity index (χ0v) is 11.6. The highest BCUT2D eigenvalue weighted by molar-refractivity contribution is 7.90. The number of hydrogen-bond acceptors (Lipinski definition) is 3. The fourth-order valence-electron chi connectivity index (χ4n) is 2.03. The van der Waals surface area contributed by atoms with Gasteiger partial charge >= 0.3 is 10.2 Å². The zero-order chi connectivity index (χ0) is 14.0. The normalized spacial score (nSPS) is 16.5. The first-order valence-corrected chi connectivity index (χ1v) is 7.57. The van der Waals surface area contributed by atoms with E-state index in [-0.39, 0.29) is 5.84 Å². The monoisotopic (exact) mass is 282 g/mol. The molecule has 1 fully saturated rings. The third-order valence-corrected chi connectivity index (χ3v) is 4.72. The van der Waals surface area contributed by atoms with Crippen molar-refractivity contribution in [2.75, 3.05) is 17.8 Å². The second-order valence-electron chi connectivity index (χ2n) is 4.66. The lowest BCUT2D eigenvalue weighted by Crippen LogP contribution is -2.33. The van der Waals surface area contributed by atoms with Crippen LogP contribution in [-0.2, 0) is 10.2 Å². The molecule has 0 aliphatic carbocycles. The van der Waals surface area contributed by atoms with Crippen LogP contribution in [-0.4, -0.2) is 31.6 Å². The molecule has 0 atom stereocenters. The van der Waals surface area contributed by atoms with Gasteiger partial charge in [-0.25, -0.2) is 0 Å². The van der Waals surface area contributed by atoms with Crippen LogP contribution in [0.2, 0.25) is 0 Å². The standard InChI is InChI=1S/C12H18N4O2S/c1-9-4-5-10(12(13)14)8-11(9)15-19(17,18)16-6-2-3-7-16/h4-5,8,15H,2-3,6-7H2,1H3,(H3,13,14). The van der Waals surface area contributed by atoms with Gasteiger partial charge in [-0.1, -0.05) is 12.1 Å². The van der Waals surface area contributed by atoms with Crippen LogP contribution in [0.4, 0.5) is 5.69 Å². The van der Waals surface area contributed by atoms with Crippen LogP contribution in [0.1, 0.15) is 24.0 Å². The Morgan fingerprint density at radius 3 is 2.58 bits per heavy atom. The van der Waals surface area contributed by atoms with Gasteiger partial charge in [-0.15, -0.1) is 0 Å². The predicted molar refractivity (Wildman–Crippen MR) is 75.5 cm³/mol. The number of anilines is 1. The molecule has 0 bridgehead atoms. The third kappa shape index (κ3) is 3.05. The largest absolute Gasteiger partial charge is 0.384 e. The highest BCUT2D eigenvalue weighted by Gasteiger charge is 2.25. The van der Waals surface area contributed by atoms with Gasteiger partial charge < -0.3 is 5.73 Å². The van der Waals surface area contributed by atoms with Gasteiger partial charge in [0.05, 0.1) is 5.69 Å². The maximum Gasteiger partial charge on any atom is 0.301 e. The SMILES string of the molecule is Cc1ccc(C(=N)N)cc1NS(=O)(=O)N1CCCC1. The van der Waals surface area contributed by atoms with Crippen LogP contribution in [0.3, 0.4) is 0 Å². The van der Waals surface area contributed by atoms with Crippen molar-refractivity contribution in [2.24, 2.45) is 5.73 Å². The predicted octanol–water partition coefficient (Wildman–Crippen LogP) is 1.03. The van der Waals surface area contributed by atoms with Gasteiger partial charge in [0.25, 0.3) is 0 Å². The van der Waals surface area contributed by atoms with Crippen molar-refractivity contribution in [3.63, 3.8) is 0 Å². The third-order valence-electron chi connectivity index (χ3n) is 3.19. The number of nitrogens with one attached hydrogen (secondary N) is 2. The van der Waals surface area contributed by atoms with Gasteiger partial charge in [0, 0.05) is 18.7 Å². The molecule has 4 N–H and O–H groups in total. The molecule has 0 spiro atoms. The van der Waals surface area contributed by atoms with E-state index in [1.165, 1.54) is 4.31 Å². The van der Waals surface area contributed by atoms with E-state index in [4.69, 9.17) is 11.1 Å². The number of rotatable bonds is 4. The Bertz CT molecular complexity index is 592. The molecule has 1 saturated heterocycles. The molecule has 7 heteroatoms. The summed E-state index contributed by atoms with van der Waals surface area (Å²) in [5.41, 5.74) is 7.19. The highest BCUT2D eigenvalue weighted by Crippen LogP contribution is 2.21. The summed E-state index contributed by atoms with van der Waals surface area (Å²) < 4.78 is 28.3.